The van der Waals surface area contributed by atoms with Gasteiger partial charge >= 0.3 is 0 Å². The zero-order chi connectivity index (χ0) is 13.1. The summed E-state index contributed by atoms with van der Waals surface area (Å²) in [5.74, 6) is 0. The molecular weight excluding hydrogens is 310 g/mol. The van der Waals surface area contributed by atoms with Gasteiger partial charge in [0.25, 0.3) is 0 Å². The number of likely N-dealkylation sites (N-methyl/N-ethyl adjacent to an activating group) is 1. The van der Waals surface area contributed by atoms with Crippen LogP contribution in [0.25, 0.3) is 0 Å². The Morgan fingerprint density at radius 2 is 2.39 bits per heavy atom. The number of hydrogen-bond acceptors (Lipinski definition) is 3. The van der Waals surface area contributed by atoms with Gasteiger partial charge in [-0.25, -0.2) is 0 Å². The lowest BCUT2D eigenvalue weighted by Gasteiger charge is -2.20. The number of halogens is 1. The molecule has 98 valence electrons. The first-order valence-electron chi connectivity index (χ1n) is 6.11. The van der Waals surface area contributed by atoms with Gasteiger partial charge in [-0.15, -0.1) is 0 Å². The first-order chi connectivity index (χ1) is 8.58. The van der Waals surface area contributed by atoms with Crippen molar-refractivity contribution in [2.75, 3.05) is 25.5 Å². The summed E-state index contributed by atoms with van der Waals surface area (Å²) < 4.78 is 1.01. The number of hydrogen-bond donors (Lipinski definition) is 2. The molecule has 0 spiro atoms. The molecular formula is C13H18BrN3S. The second-order valence-corrected chi connectivity index (χ2v) is 6.01. The van der Waals surface area contributed by atoms with E-state index in [1.54, 1.807) is 0 Å². The van der Waals surface area contributed by atoms with E-state index in [9.17, 15) is 0 Å². The average molecular weight is 328 g/mol. The van der Waals surface area contributed by atoms with E-state index in [4.69, 9.17) is 18.0 Å². The van der Waals surface area contributed by atoms with Crippen molar-refractivity contribution < 1.29 is 0 Å². The van der Waals surface area contributed by atoms with Gasteiger partial charge in [-0.1, -0.05) is 12.2 Å². The van der Waals surface area contributed by atoms with Crippen LogP contribution in [0.1, 0.15) is 18.4 Å². The number of benzene rings is 1. The molecule has 0 amide bonds. The number of rotatable bonds is 4. The molecule has 0 bridgehead atoms. The summed E-state index contributed by atoms with van der Waals surface area (Å²) in [4.78, 5) is 2.84. The first-order valence-corrected chi connectivity index (χ1v) is 7.31. The third-order valence-electron chi connectivity index (χ3n) is 3.45. The molecule has 2 rings (SSSR count). The predicted octanol–water partition coefficient (Wildman–Crippen LogP) is 2.59. The molecule has 3 nitrogen and oxygen atoms in total. The van der Waals surface area contributed by atoms with Crippen LogP contribution in [-0.4, -0.2) is 36.1 Å². The minimum Gasteiger partial charge on any atom is -0.389 e. The molecule has 1 aliphatic heterocycles. The molecule has 18 heavy (non-hydrogen) atoms. The molecule has 1 aliphatic rings. The number of anilines is 1. The van der Waals surface area contributed by atoms with Crippen molar-refractivity contribution in [3.8, 4) is 0 Å². The third kappa shape index (κ3) is 3.22. The molecule has 1 fully saturated rings. The number of nitrogens with zero attached hydrogens (tertiary/aromatic N) is 1. The van der Waals surface area contributed by atoms with Gasteiger partial charge in [-0.2, -0.15) is 0 Å². The van der Waals surface area contributed by atoms with Gasteiger partial charge in [0, 0.05) is 28.3 Å². The minimum absolute atomic E-state index is 0.428. The Morgan fingerprint density at radius 3 is 2.94 bits per heavy atom. The van der Waals surface area contributed by atoms with Crippen LogP contribution >= 0.6 is 28.1 Å². The number of nitrogens with two attached hydrogens (primary N) is 1. The van der Waals surface area contributed by atoms with Gasteiger partial charge in [-0.05, 0) is 60.6 Å². The number of nitrogens with one attached hydrogen (secondary N) is 1. The average Bonchev–Trinajstić information content (AvgIpc) is 2.73. The second kappa shape index (κ2) is 5.99. The Kier molecular flexibility index (Phi) is 4.59. The monoisotopic (exact) mass is 327 g/mol. The molecule has 0 aliphatic carbocycles. The first kappa shape index (κ1) is 13.8. The van der Waals surface area contributed by atoms with Crippen LogP contribution in [0.15, 0.2) is 22.7 Å². The van der Waals surface area contributed by atoms with E-state index in [-0.39, 0.29) is 0 Å². The van der Waals surface area contributed by atoms with Crippen molar-refractivity contribution in [1.29, 1.82) is 0 Å². The molecule has 1 atom stereocenters. The fourth-order valence-corrected chi connectivity index (χ4v) is 2.92. The van der Waals surface area contributed by atoms with Crippen LogP contribution < -0.4 is 11.1 Å². The van der Waals surface area contributed by atoms with Crippen molar-refractivity contribution in [3.05, 3.63) is 28.2 Å². The third-order valence-corrected chi connectivity index (χ3v) is 4.35. The van der Waals surface area contributed by atoms with Crippen LogP contribution in [0.2, 0.25) is 0 Å². The normalized spacial score (nSPS) is 20.0. The van der Waals surface area contributed by atoms with Gasteiger partial charge < -0.3 is 16.0 Å². The Hall–Kier alpha value is -0.650. The van der Waals surface area contributed by atoms with Gasteiger partial charge in [0.15, 0.2) is 0 Å². The molecule has 3 N–H and O–H groups in total. The quantitative estimate of drug-likeness (QED) is 0.834. The molecule has 1 heterocycles. The highest BCUT2D eigenvalue weighted by atomic mass is 79.9. The summed E-state index contributed by atoms with van der Waals surface area (Å²) in [6, 6.07) is 6.57. The topological polar surface area (TPSA) is 41.3 Å². The molecule has 1 unspecified atom stereocenters. The molecule has 0 radical (unpaired) electrons. The van der Waals surface area contributed by atoms with Gasteiger partial charge in [0.2, 0.25) is 0 Å². The summed E-state index contributed by atoms with van der Waals surface area (Å²) in [6.07, 6.45) is 2.57. The second-order valence-electron chi connectivity index (χ2n) is 4.72. The van der Waals surface area contributed by atoms with Crippen molar-refractivity contribution in [2.45, 2.75) is 18.9 Å². The number of thiocarbonyl (C=S) groups is 1. The summed E-state index contributed by atoms with van der Waals surface area (Å²) in [6.45, 7) is 2.18. The lowest BCUT2D eigenvalue weighted by atomic mass is 10.2. The van der Waals surface area contributed by atoms with Crippen LogP contribution in [-0.2, 0) is 0 Å². The zero-order valence-corrected chi connectivity index (χ0v) is 12.9. The summed E-state index contributed by atoms with van der Waals surface area (Å²) >= 11 is 8.51. The van der Waals surface area contributed by atoms with Gasteiger partial charge in [-0.3, -0.25) is 0 Å². The van der Waals surface area contributed by atoms with Crippen LogP contribution in [0, 0.1) is 0 Å². The van der Waals surface area contributed by atoms with Crippen molar-refractivity contribution in [1.82, 2.24) is 4.90 Å². The maximum atomic E-state index is 5.61. The van der Waals surface area contributed by atoms with Gasteiger partial charge in [0.05, 0.1) is 0 Å². The van der Waals surface area contributed by atoms with Crippen LogP contribution in [0.4, 0.5) is 5.69 Å². The fraction of sp³-hybridized carbons (Fsp3) is 0.462. The maximum absolute atomic E-state index is 5.61. The fourth-order valence-electron chi connectivity index (χ4n) is 2.28. The Labute approximate surface area is 122 Å². The van der Waals surface area contributed by atoms with E-state index >= 15 is 0 Å². The lowest BCUT2D eigenvalue weighted by Crippen LogP contribution is -2.31. The summed E-state index contributed by atoms with van der Waals surface area (Å²) in [5, 5.41) is 3.48. The van der Waals surface area contributed by atoms with E-state index in [0.717, 1.165) is 22.3 Å². The van der Waals surface area contributed by atoms with Crippen LogP contribution in [0.3, 0.4) is 0 Å². The van der Waals surface area contributed by atoms with E-state index in [1.165, 1.54) is 19.4 Å². The highest BCUT2D eigenvalue weighted by Gasteiger charge is 2.20. The van der Waals surface area contributed by atoms with E-state index in [2.05, 4.69) is 33.2 Å². The Morgan fingerprint density at radius 1 is 1.61 bits per heavy atom. The molecule has 1 aromatic carbocycles. The smallest absolute Gasteiger partial charge is 0.104 e. The number of likely N-dealkylation sites (tertiary alicyclic amines) is 1. The largest absolute Gasteiger partial charge is 0.389 e. The van der Waals surface area contributed by atoms with E-state index in [1.807, 2.05) is 18.2 Å². The van der Waals surface area contributed by atoms with E-state index < -0.39 is 0 Å². The SMILES string of the molecule is CN1CCCC1CNc1ccc(C(N)=S)cc1Br. The van der Waals surface area contributed by atoms with E-state index in [0.29, 0.717) is 11.0 Å². The summed E-state index contributed by atoms with van der Waals surface area (Å²) in [5.41, 5.74) is 7.59. The standard InChI is InChI=1S/C13H18BrN3S/c1-17-6-2-3-10(17)8-16-12-5-4-9(13(15)18)7-11(12)14/h4-5,7,10,16H,2-3,6,8H2,1H3,(H2,15,18). The Balaban J connectivity index is 1.99. The molecule has 5 heteroatoms. The Bertz CT molecular complexity index is 450. The highest BCUT2D eigenvalue weighted by Crippen LogP contribution is 2.24. The summed E-state index contributed by atoms with van der Waals surface area (Å²) in [7, 11) is 2.18. The predicted molar refractivity (Wildman–Crippen MR) is 84.2 cm³/mol. The minimum atomic E-state index is 0.428. The van der Waals surface area contributed by atoms with Crippen molar-refractivity contribution in [3.63, 3.8) is 0 Å². The zero-order valence-electron chi connectivity index (χ0n) is 10.4. The molecule has 0 aromatic heterocycles. The van der Waals surface area contributed by atoms with Crippen molar-refractivity contribution in [2.24, 2.45) is 5.73 Å². The van der Waals surface area contributed by atoms with Crippen LogP contribution in [0.5, 0.6) is 0 Å². The highest BCUT2D eigenvalue weighted by molar-refractivity contribution is 9.10. The lowest BCUT2D eigenvalue weighted by molar-refractivity contribution is 0.322. The molecule has 1 saturated heterocycles. The molecule has 1 aromatic rings. The van der Waals surface area contributed by atoms with Gasteiger partial charge in [0.1, 0.15) is 4.99 Å². The maximum Gasteiger partial charge on any atom is 0.104 e. The molecule has 0 saturated carbocycles. The van der Waals surface area contributed by atoms with Crippen molar-refractivity contribution >= 4 is 38.8 Å².